The van der Waals surface area contributed by atoms with E-state index in [1.165, 1.54) is 0 Å². The zero-order valence-electron chi connectivity index (χ0n) is 17.5. The molecule has 7 heteroatoms. The van der Waals surface area contributed by atoms with Crippen molar-refractivity contribution in [1.29, 1.82) is 0 Å². The monoisotopic (exact) mass is 526 g/mol. The second-order valence-electron chi connectivity index (χ2n) is 7.19. The highest BCUT2D eigenvalue weighted by molar-refractivity contribution is 5.90. The molecular weight excluding hydrogens is 503 g/mol. The number of rotatable bonds is 5. The Labute approximate surface area is 198 Å². The van der Waals surface area contributed by atoms with Crippen molar-refractivity contribution in [2.24, 2.45) is 7.05 Å². The van der Waals surface area contributed by atoms with Gasteiger partial charge in [-0.1, -0.05) is 18.2 Å². The van der Waals surface area contributed by atoms with Crippen LogP contribution in [0.2, 0.25) is 0 Å². The van der Waals surface area contributed by atoms with Crippen LogP contribution in [0.5, 0.6) is 5.75 Å². The average Bonchev–Trinajstić information content (AvgIpc) is 3.20. The van der Waals surface area contributed by atoms with Crippen LogP contribution in [0.1, 0.15) is 21.5 Å². The summed E-state index contributed by atoms with van der Waals surface area (Å²) >= 11 is 0. The van der Waals surface area contributed by atoms with Gasteiger partial charge in [-0.3, -0.25) is 0 Å². The number of carbonyl (C=O) groups is 1. The predicted molar refractivity (Wildman–Crippen MR) is 115 cm³/mol. The summed E-state index contributed by atoms with van der Waals surface area (Å²) in [6.45, 7) is 3.85. The summed E-state index contributed by atoms with van der Waals surface area (Å²) in [7, 11) is 1.87. The zero-order valence-corrected chi connectivity index (χ0v) is 19.7. The number of ether oxygens (including phenoxy) is 1. The first-order chi connectivity index (χ1) is 14.5. The van der Waals surface area contributed by atoms with Gasteiger partial charge in [0, 0.05) is 24.0 Å². The van der Waals surface area contributed by atoms with Gasteiger partial charge < -0.3 is 34.0 Å². The highest BCUT2D eigenvalue weighted by Crippen LogP contribution is 2.29. The lowest BCUT2D eigenvalue weighted by Crippen LogP contribution is -3.00. The molecule has 0 bridgehead atoms. The van der Waals surface area contributed by atoms with Crippen molar-refractivity contribution in [3.05, 3.63) is 95.9 Å². The lowest BCUT2D eigenvalue weighted by atomic mass is 10.1. The number of benzene rings is 2. The van der Waals surface area contributed by atoms with Crippen LogP contribution in [-0.2, 0) is 7.05 Å². The zero-order chi connectivity index (χ0) is 21.1. The van der Waals surface area contributed by atoms with Crippen molar-refractivity contribution in [3.63, 3.8) is 0 Å². The summed E-state index contributed by atoms with van der Waals surface area (Å²) in [5, 5.41) is 7.89. The van der Waals surface area contributed by atoms with E-state index in [0.717, 1.165) is 28.3 Å². The van der Waals surface area contributed by atoms with E-state index in [4.69, 9.17) is 4.74 Å². The summed E-state index contributed by atoms with van der Waals surface area (Å²) in [5.74, 6) is 0.936. The molecule has 6 nitrogen and oxygen atoms in total. The summed E-state index contributed by atoms with van der Waals surface area (Å²) in [6.07, 6.45) is 5.52. The number of hydrogen-bond donors (Lipinski definition) is 1. The number of carbonyl (C=O) groups excluding carboxylic acids is 1. The number of nitrogens with zero attached hydrogens (tertiary/aromatic N) is 3. The molecule has 0 radical (unpaired) electrons. The maximum Gasteiger partial charge on any atom is 0.349 e. The summed E-state index contributed by atoms with van der Waals surface area (Å²) in [6, 6.07) is 19.3. The number of nitrogens with one attached hydrogen (secondary N) is 1. The lowest BCUT2D eigenvalue weighted by molar-refractivity contribution is -0.671. The Morgan fingerprint density at radius 3 is 2.42 bits per heavy atom. The van der Waals surface area contributed by atoms with Gasteiger partial charge in [0.15, 0.2) is 18.2 Å². The van der Waals surface area contributed by atoms with Crippen molar-refractivity contribution in [2.45, 2.75) is 13.8 Å². The normalized spacial score (nSPS) is 10.3. The van der Waals surface area contributed by atoms with E-state index >= 15 is 0 Å². The first kappa shape index (κ1) is 22.5. The Bertz CT molecular complexity index is 1180. The predicted octanol–water partition coefficient (Wildman–Crippen LogP) is 1.28. The van der Waals surface area contributed by atoms with Gasteiger partial charge in [-0.15, -0.1) is 0 Å². The molecule has 31 heavy (non-hydrogen) atoms. The Kier molecular flexibility index (Phi) is 7.06. The first-order valence-electron chi connectivity index (χ1n) is 9.66. The van der Waals surface area contributed by atoms with E-state index < -0.39 is 0 Å². The molecular formula is C24H23IN4O2. The van der Waals surface area contributed by atoms with Crippen LogP contribution in [-0.4, -0.2) is 15.7 Å². The summed E-state index contributed by atoms with van der Waals surface area (Å²) in [4.78, 5) is 12.5. The van der Waals surface area contributed by atoms with Gasteiger partial charge in [-0.25, -0.2) is 14.0 Å². The molecule has 0 aliphatic carbocycles. The van der Waals surface area contributed by atoms with Crippen LogP contribution in [0.25, 0.3) is 5.69 Å². The molecule has 0 saturated carbocycles. The largest absolute Gasteiger partial charge is 1.00 e. The summed E-state index contributed by atoms with van der Waals surface area (Å²) in [5.41, 5.74) is 4.12. The number of anilines is 2. The van der Waals surface area contributed by atoms with Crippen molar-refractivity contribution in [3.8, 4) is 11.4 Å². The molecule has 158 valence electrons. The van der Waals surface area contributed by atoms with Crippen LogP contribution in [0.3, 0.4) is 0 Å². The standard InChI is InChI=1S/C24H23N4O2.HI/c1-17-14-20(25-22-11-13-28(26-22)21-9-5-4-6-10-21)15-18(2)23(17)30-24(29)19-8-7-12-27(3)16-19;/h4-16H,1-3H3,(H,25,26);1H/q+1;/p-1. The number of pyridine rings is 1. The minimum atomic E-state index is -0.375. The second-order valence-corrected chi connectivity index (χ2v) is 7.19. The molecule has 0 spiro atoms. The maximum atomic E-state index is 12.5. The third-order valence-electron chi connectivity index (χ3n) is 4.71. The van der Waals surface area contributed by atoms with Gasteiger partial charge in [0.1, 0.15) is 18.4 Å². The number of hydrogen-bond acceptors (Lipinski definition) is 4. The quantitative estimate of drug-likeness (QED) is 0.184. The third-order valence-corrected chi connectivity index (χ3v) is 4.71. The fraction of sp³-hybridized carbons (Fsp3) is 0.125. The number of para-hydroxylation sites is 1. The molecule has 0 aliphatic heterocycles. The fourth-order valence-corrected chi connectivity index (χ4v) is 3.31. The van der Waals surface area contributed by atoms with Gasteiger partial charge in [0.2, 0.25) is 0 Å². The molecule has 2 aromatic carbocycles. The lowest BCUT2D eigenvalue weighted by Gasteiger charge is -2.13. The second kappa shape index (κ2) is 9.74. The number of aromatic nitrogens is 3. The third kappa shape index (κ3) is 5.29. The molecule has 0 aliphatic rings. The number of aryl methyl sites for hydroxylation is 3. The molecule has 1 N–H and O–H groups in total. The van der Waals surface area contributed by atoms with Gasteiger partial charge in [0.05, 0.1) is 5.69 Å². The van der Waals surface area contributed by atoms with E-state index in [0.29, 0.717) is 11.3 Å². The van der Waals surface area contributed by atoms with Crippen molar-refractivity contribution in [2.75, 3.05) is 5.32 Å². The molecule has 4 rings (SSSR count). The van der Waals surface area contributed by atoms with Crippen molar-refractivity contribution < 1.29 is 38.1 Å². The van der Waals surface area contributed by atoms with E-state index in [-0.39, 0.29) is 29.9 Å². The molecule has 4 aromatic rings. The van der Waals surface area contributed by atoms with Crippen molar-refractivity contribution in [1.82, 2.24) is 9.78 Å². The van der Waals surface area contributed by atoms with Crippen molar-refractivity contribution >= 4 is 17.5 Å². The fourth-order valence-electron chi connectivity index (χ4n) is 3.31. The van der Waals surface area contributed by atoms with Crippen LogP contribution in [0.15, 0.2) is 79.3 Å². The molecule has 2 heterocycles. The Hall–Kier alpha value is -3.20. The van der Waals surface area contributed by atoms with E-state index in [1.807, 2.05) is 97.1 Å². The SMILES string of the molecule is Cc1cc(Nc2ccn(-c3ccccc3)n2)cc(C)c1OC(=O)c1ccc[n+](C)c1.[I-]. The van der Waals surface area contributed by atoms with E-state index in [1.54, 1.807) is 12.3 Å². The van der Waals surface area contributed by atoms with Gasteiger partial charge in [0.25, 0.3) is 0 Å². The number of esters is 1. The Morgan fingerprint density at radius 2 is 1.74 bits per heavy atom. The Balaban J connectivity index is 0.00000272. The van der Waals surface area contributed by atoms with Crippen LogP contribution >= 0.6 is 0 Å². The summed E-state index contributed by atoms with van der Waals surface area (Å²) < 4.78 is 9.32. The molecule has 0 amide bonds. The molecule has 2 aromatic heterocycles. The van der Waals surface area contributed by atoms with Crippen LogP contribution in [0.4, 0.5) is 11.5 Å². The maximum absolute atomic E-state index is 12.5. The Morgan fingerprint density at radius 1 is 1.03 bits per heavy atom. The highest BCUT2D eigenvalue weighted by atomic mass is 127. The number of halogens is 1. The smallest absolute Gasteiger partial charge is 0.349 e. The van der Waals surface area contributed by atoms with E-state index in [9.17, 15) is 4.79 Å². The van der Waals surface area contributed by atoms with Gasteiger partial charge in [-0.2, -0.15) is 5.10 Å². The first-order valence-corrected chi connectivity index (χ1v) is 9.66. The van der Waals surface area contributed by atoms with Crippen LogP contribution < -0.4 is 38.6 Å². The van der Waals surface area contributed by atoms with Crippen LogP contribution in [0, 0.1) is 13.8 Å². The van der Waals surface area contributed by atoms with E-state index in [2.05, 4.69) is 10.4 Å². The molecule has 0 fully saturated rings. The molecule has 0 atom stereocenters. The molecule has 0 saturated heterocycles. The van der Waals surface area contributed by atoms with Gasteiger partial charge in [-0.05, 0) is 55.3 Å². The average molecular weight is 526 g/mol. The molecule has 0 unspecified atom stereocenters. The van der Waals surface area contributed by atoms with Gasteiger partial charge >= 0.3 is 5.97 Å². The minimum absolute atomic E-state index is 0. The topological polar surface area (TPSA) is 60.0 Å². The highest BCUT2D eigenvalue weighted by Gasteiger charge is 2.16. The minimum Gasteiger partial charge on any atom is -1.00 e.